The molecule has 1 saturated carbocycles. The average molecular weight is 293 g/mol. The van der Waals surface area contributed by atoms with Crippen molar-refractivity contribution in [1.29, 1.82) is 0 Å². The summed E-state index contributed by atoms with van der Waals surface area (Å²) in [6.07, 6.45) is 5.47. The van der Waals surface area contributed by atoms with Crippen LogP contribution in [0.1, 0.15) is 44.8 Å². The summed E-state index contributed by atoms with van der Waals surface area (Å²) in [6, 6.07) is 3.47. The normalized spacial score (nSPS) is 18.5. The first-order valence-corrected chi connectivity index (χ1v) is 8.13. The molecule has 1 aliphatic carbocycles. The summed E-state index contributed by atoms with van der Waals surface area (Å²) < 4.78 is 13.0. The van der Waals surface area contributed by atoms with E-state index >= 15 is 0 Å². The number of hydrogen-bond acceptors (Lipinski definition) is 3. The van der Waals surface area contributed by atoms with Gasteiger partial charge in [-0.05, 0) is 50.4 Å². The van der Waals surface area contributed by atoms with Crippen LogP contribution in [0, 0.1) is 17.7 Å². The monoisotopic (exact) mass is 293 g/mol. The molecule has 4 heteroatoms. The number of aromatic nitrogens is 1. The Kier molecular flexibility index (Phi) is 6.12. The van der Waals surface area contributed by atoms with E-state index in [0.29, 0.717) is 5.92 Å². The molecule has 2 unspecified atom stereocenters. The molecule has 0 amide bonds. The highest BCUT2D eigenvalue weighted by molar-refractivity contribution is 5.11. The molecule has 0 spiro atoms. The Labute approximate surface area is 127 Å². The van der Waals surface area contributed by atoms with Gasteiger partial charge in [-0.25, -0.2) is 4.39 Å². The minimum atomic E-state index is -0.274. The third-order valence-corrected chi connectivity index (χ3v) is 4.46. The maximum absolute atomic E-state index is 13.0. The Morgan fingerprint density at radius 2 is 2.19 bits per heavy atom. The smallest absolute Gasteiger partial charge is 0.141 e. The second kappa shape index (κ2) is 7.85. The first-order chi connectivity index (χ1) is 10.1. The molecule has 3 nitrogen and oxygen atoms in total. The Hall–Kier alpha value is -1.00. The molecule has 1 heterocycles. The first kappa shape index (κ1) is 16.4. The van der Waals surface area contributed by atoms with Crippen LogP contribution in [0.5, 0.6) is 0 Å². The topological polar surface area (TPSA) is 28.2 Å². The maximum atomic E-state index is 13.0. The summed E-state index contributed by atoms with van der Waals surface area (Å²) in [5.41, 5.74) is 0.933. The summed E-state index contributed by atoms with van der Waals surface area (Å²) in [7, 11) is 2.20. The van der Waals surface area contributed by atoms with Crippen LogP contribution in [-0.4, -0.2) is 36.6 Å². The lowest BCUT2D eigenvalue weighted by Crippen LogP contribution is -2.37. The fraction of sp³-hybridized carbons (Fsp3) is 0.706. The number of nitrogens with one attached hydrogen (secondary N) is 1. The first-order valence-electron chi connectivity index (χ1n) is 8.13. The summed E-state index contributed by atoms with van der Waals surface area (Å²) in [5, 5.41) is 3.49. The van der Waals surface area contributed by atoms with Crippen LogP contribution < -0.4 is 5.32 Å². The third kappa shape index (κ3) is 4.75. The molecule has 0 aromatic carbocycles. The van der Waals surface area contributed by atoms with Crippen LogP contribution in [0.4, 0.5) is 4.39 Å². The molecule has 118 valence electrons. The van der Waals surface area contributed by atoms with Crippen molar-refractivity contribution in [3.8, 4) is 0 Å². The van der Waals surface area contributed by atoms with Crippen molar-refractivity contribution >= 4 is 0 Å². The molecule has 2 rings (SSSR count). The number of hydrogen-bond donors (Lipinski definition) is 1. The number of halogens is 1. The van der Waals surface area contributed by atoms with Gasteiger partial charge in [0.2, 0.25) is 0 Å². The summed E-state index contributed by atoms with van der Waals surface area (Å²) >= 11 is 0. The molecule has 2 atom stereocenters. The SMILES string of the molecule is CCNC(c1ccc(F)cn1)C(C)CN(C)CC1CCC1. The quantitative estimate of drug-likeness (QED) is 0.797. The minimum Gasteiger partial charge on any atom is -0.309 e. The van der Waals surface area contributed by atoms with E-state index in [9.17, 15) is 4.39 Å². The lowest BCUT2D eigenvalue weighted by molar-refractivity contribution is 0.175. The van der Waals surface area contributed by atoms with Crippen molar-refractivity contribution in [3.63, 3.8) is 0 Å². The van der Waals surface area contributed by atoms with E-state index in [0.717, 1.165) is 24.7 Å². The molecule has 1 aliphatic rings. The lowest BCUT2D eigenvalue weighted by atomic mass is 9.85. The zero-order valence-electron chi connectivity index (χ0n) is 13.5. The summed E-state index contributed by atoms with van der Waals surface area (Å²) in [5.74, 6) is 1.06. The average Bonchev–Trinajstić information content (AvgIpc) is 2.41. The fourth-order valence-electron chi connectivity index (χ4n) is 3.18. The highest BCUT2D eigenvalue weighted by Gasteiger charge is 2.24. The molecule has 0 radical (unpaired) electrons. The van der Waals surface area contributed by atoms with Crippen LogP contribution in [0.15, 0.2) is 18.3 Å². The Bertz CT molecular complexity index is 417. The predicted octanol–water partition coefficient (Wildman–Crippen LogP) is 3.24. The second-order valence-corrected chi connectivity index (χ2v) is 6.43. The van der Waals surface area contributed by atoms with Crippen molar-refractivity contribution < 1.29 is 4.39 Å². The molecule has 1 aromatic rings. The van der Waals surface area contributed by atoms with Gasteiger partial charge in [0.15, 0.2) is 0 Å². The van der Waals surface area contributed by atoms with Gasteiger partial charge in [-0.1, -0.05) is 20.3 Å². The zero-order valence-corrected chi connectivity index (χ0v) is 13.5. The van der Waals surface area contributed by atoms with Gasteiger partial charge >= 0.3 is 0 Å². The molecule has 0 aliphatic heterocycles. The molecule has 1 N–H and O–H groups in total. The zero-order chi connectivity index (χ0) is 15.2. The highest BCUT2D eigenvalue weighted by Crippen LogP contribution is 2.28. The molecular weight excluding hydrogens is 265 g/mol. The van der Waals surface area contributed by atoms with E-state index in [1.807, 2.05) is 0 Å². The van der Waals surface area contributed by atoms with E-state index in [1.54, 1.807) is 6.07 Å². The number of nitrogens with zero attached hydrogens (tertiary/aromatic N) is 2. The van der Waals surface area contributed by atoms with Gasteiger partial charge < -0.3 is 10.2 Å². The Morgan fingerprint density at radius 3 is 2.71 bits per heavy atom. The van der Waals surface area contributed by atoms with Gasteiger partial charge in [0.05, 0.1) is 17.9 Å². The van der Waals surface area contributed by atoms with Crippen molar-refractivity contribution in [2.45, 2.75) is 39.2 Å². The van der Waals surface area contributed by atoms with Crippen LogP contribution >= 0.6 is 0 Å². The standard InChI is InChI=1S/C17H28FN3/c1-4-19-17(16-9-8-15(18)10-20-16)13(2)11-21(3)12-14-6-5-7-14/h8-10,13-14,17,19H,4-7,11-12H2,1-3H3. The minimum absolute atomic E-state index is 0.180. The van der Waals surface area contributed by atoms with Crippen LogP contribution in [0.2, 0.25) is 0 Å². The second-order valence-electron chi connectivity index (χ2n) is 6.43. The van der Waals surface area contributed by atoms with Gasteiger partial charge in [0, 0.05) is 13.1 Å². The van der Waals surface area contributed by atoms with E-state index in [-0.39, 0.29) is 11.9 Å². The summed E-state index contributed by atoms with van der Waals surface area (Å²) in [6.45, 7) is 7.46. The van der Waals surface area contributed by atoms with Crippen molar-refractivity contribution in [1.82, 2.24) is 15.2 Å². The van der Waals surface area contributed by atoms with Crippen LogP contribution in [0.3, 0.4) is 0 Å². The van der Waals surface area contributed by atoms with Crippen molar-refractivity contribution in [3.05, 3.63) is 29.8 Å². The maximum Gasteiger partial charge on any atom is 0.141 e. The van der Waals surface area contributed by atoms with Gasteiger partial charge in [-0.15, -0.1) is 0 Å². The van der Waals surface area contributed by atoms with E-state index in [2.05, 4.69) is 36.1 Å². The van der Waals surface area contributed by atoms with E-state index < -0.39 is 0 Å². The molecular formula is C17H28FN3. The Morgan fingerprint density at radius 1 is 1.43 bits per heavy atom. The van der Waals surface area contributed by atoms with Gasteiger partial charge in [0.1, 0.15) is 5.82 Å². The molecule has 1 fully saturated rings. The Balaban J connectivity index is 1.93. The van der Waals surface area contributed by atoms with Crippen LogP contribution in [-0.2, 0) is 0 Å². The number of pyridine rings is 1. The van der Waals surface area contributed by atoms with E-state index in [1.165, 1.54) is 38.1 Å². The predicted molar refractivity (Wildman–Crippen MR) is 84.6 cm³/mol. The summed E-state index contributed by atoms with van der Waals surface area (Å²) in [4.78, 5) is 6.69. The molecule has 0 saturated heterocycles. The molecule has 0 bridgehead atoms. The fourth-order valence-corrected chi connectivity index (χ4v) is 3.18. The van der Waals surface area contributed by atoms with Gasteiger partial charge in [-0.3, -0.25) is 4.98 Å². The van der Waals surface area contributed by atoms with Crippen molar-refractivity contribution in [2.24, 2.45) is 11.8 Å². The molecule has 1 aromatic heterocycles. The largest absolute Gasteiger partial charge is 0.309 e. The van der Waals surface area contributed by atoms with Gasteiger partial charge in [-0.2, -0.15) is 0 Å². The van der Waals surface area contributed by atoms with Crippen molar-refractivity contribution in [2.75, 3.05) is 26.7 Å². The third-order valence-electron chi connectivity index (χ3n) is 4.46. The number of rotatable bonds is 8. The van der Waals surface area contributed by atoms with Crippen LogP contribution in [0.25, 0.3) is 0 Å². The highest BCUT2D eigenvalue weighted by atomic mass is 19.1. The molecule has 21 heavy (non-hydrogen) atoms. The van der Waals surface area contributed by atoms with Gasteiger partial charge in [0.25, 0.3) is 0 Å². The van der Waals surface area contributed by atoms with E-state index in [4.69, 9.17) is 0 Å². The lowest BCUT2D eigenvalue weighted by Gasteiger charge is -2.33.